The van der Waals surface area contributed by atoms with Gasteiger partial charge in [0.2, 0.25) is 0 Å². The van der Waals surface area contributed by atoms with E-state index in [0.29, 0.717) is 5.92 Å². The van der Waals surface area contributed by atoms with Gasteiger partial charge in [0.1, 0.15) is 5.75 Å². The normalized spacial score (nSPS) is 16.1. The van der Waals surface area contributed by atoms with Crippen molar-refractivity contribution in [1.82, 2.24) is 4.90 Å². The molecule has 1 saturated heterocycles. The molecule has 0 unspecified atom stereocenters. The fourth-order valence-electron chi connectivity index (χ4n) is 2.98. The summed E-state index contributed by atoms with van der Waals surface area (Å²) in [6.07, 6.45) is 1.76. The molecule has 4 heteroatoms. The highest BCUT2D eigenvalue weighted by Crippen LogP contribution is 2.24. The Bertz CT molecular complexity index is 482. The molecule has 1 aromatic rings. The van der Waals surface area contributed by atoms with E-state index in [1.165, 1.54) is 5.56 Å². The minimum atomic E-state index is 0.0331. The minimum Gasteiger partial charge on any atom is -0.483 e. The fourth-order valence-corrected chi connectivity index (χ4v) is 2.98. The van der Waals surface area contributed by atoms with Gasteiger partial charge in [0.15, 0.2) is 6.61 Å². The van der Waals surface area contributed by atoms with Crippen LogP contribution in [0.25, 0.3) is 0 Å². The van der Waals surface area contributed by atoms with Crippen LogP contribution in [0.3, 0.4) is 0 Å². The maximum atomic E-state index is 12.2. The summed E-state index contributed by atoms with van der Waals surface area (Å²) in [4.78, 5) is 14.0. The van der Waals surface area contributed by atoms with Crippen molar-refractivity contribution in [3.63, 3.8) is 0 Å². The Morgan fingerprint density at radius 3 is 2.33 bits per heavy atom. The maximum absolute atomic E-state index is 12.2. The molecule has 1 N–H and O–H groups in total. The Morgan fingerprint density at radius 2 is 1.81 bits per heavy atom. The van der Waals surface area contributed by atoms with Crippen LogP contribution < -0.4 is 4.74 Å². The lowest BCUT2D eigenvalue weighted by atomic mass is 9.98. The van der Waals surface area contributed by atoms with Crippen molar-refractivity contribution in [2.75, 3.05) is 26.3 Å². The third-order valence-electron chi connectivity index (χ3n) is 4.17. The number of benzene rings is 1. The van der Waals surface area contributed by atoms with Crippen LogP contribution in [0.15, 0.2) is 12.1 Å². The van der Waals surface area contributed by atoms with Gasteiger partial charge in [-0.25, -0.2) is 0 Å². The Hall–Kier alpha value is -1.55. The van der Waals surface area contributed by atoms with E-state index in [-0.39, 0.29) is 19.1 Å². The van der Waals surface area contributed by atoms with Crippen molar-refractivity contribution in [2.45, 2.75) is 33.6 Å². The summed E-state index contributed by atoms with van der Waals surface area (Å²) in [7, 11) is 0. The summed E-state index contributed by atoms with van der Waals surface area (Å²) in [5.41, 5.74) is 3.34. The first-order chi connectivity index (χ1) is 10.0. The molecule has 116 valence electrons. The highest BCUT2D eigenvalue weighted by atomic mass is 16.5. The predicted molar refractivity (Wildman–Crippen MR) is 82.5 cm³/mol. The molecule has 0 aliphatic carbocycles. The predicted octanol–water partition coefficient (Wildman–Crippen LogP) is 2.22. The Labute approximate surface area is 126 Å². The van der Waals surface area contributed by atoms with Gasteiger partial charge in [-0.1, -0.05) is 17.7 Å². The summed E-state index contributed by atoms with van der Waals surface area (Å²) >= 11 is 0. The Morgan fingerprint density at radius 1 is 1.24 bits per heavy atom. The SMILES string of the molecule is Cc1cc(C)c(OCC(=O)N2CCC(CO)CC2)c(C)c1. The van der Waals surface area contributed by atoms with E-state index >= 15 is 0 Å². The molecule has 0 radical (unpaired) electrons. The molecule has 1 amide bonds. The van der Waals surface area contributed by atoms with Gasteiger partial charge in [-0.15, -0.1) is 0 Å². The van der Waals surface area contributed by atoms with Crippen molar-refractivity contribution < 1.29 is 14.6 Å². The van der Waals surface area contributed by atoms with Crippen molar-refractivity contribution >= 4 is 5.91 Å². The molecule has 0 saturated carbocycles. The molecule has 0 bridgehead atoms. The van der Waals surface area contributed by atoms with Gasteiger partial charge in [-0.2, -0.15) is 0 Å². The standard InChI is InChI=1S/C17H25NO3/c1-12-8-13(2)17(14(3)9-12)21-11-16(20)18-6-4-15(10-19)5-7-18/h8-9,15,19H,4-7,10-11H2,1-3H3. The first-order valence-corrected chi connectivity index (χ1v) is 7.60. The van der Waals surface area contributed by atoms with E-state index < -0.39 is 0 Å². The van der Waals surface area contributed by atoms with Crippen LogP contribution in [-0.4, -0.2) is 42.2 Å². The Balaban J connectivity index is 1.90. The number of carbonyl (C=O) groups excluding carboxylic acids is 1. The lowest BCUT2D eigenvalue weighted by molar-refractivity contribution is -0.135. The lowest BCUT2D eigenvalue weighted by Crippen LogP contribution is -2.41. The number of likely N-dealkylation sites (tertiary alicyclic amines) is 1. The zero-order valence-corrected chi connectivity index (χ0v) is 13.2. The maximum Gasteiger partial charge on any atom is 0.260 e. The number of hydrogen-bond acceptors (Lipinski definition) is 3. The van der Waals surface area contributed by atoms with Gasteiger partial charge in [0.25, 0.3) is 5.91 Å². The van der Waals surface area contributed by atoms with Gasteiger partial charge in [-0.05, 0) is 50.7 Å². The number of aliphatic hydroxyl groups is 1. The van der Waals surface area contributed by atoms with Gasteiger partial charge >= 0.3 is 0 Å². The second-order valence-corrected chi connectivity index (χ2v) is 6.02. The highest BCUT2D eigenvalue weighted by molar-refractivity contribution is 5.78. The van der Waals surface area contributed by atoms with Crippen molar-refractivity contribution in [2.24, 2.45) is 5.92 Å². The first-order valence-electron chi connectivity index (χ1n) is 7.60. The molecular formula is C17H25NO3. The summed E-state index contributed by atoms with van der Waals surface area (Å²) in [5, 5.41) is 9.12. The average molecular weight is 291 g/mol. The smallest absolute Gasteiger partial charge is 0.260 e. The zero-order valence-electron chi connectivity index (χ0n) is 13.2. The van der Waals surface area contributed by atoms with Gasteiger partial charge in [-0.3, -0.25) is 4.79 Å². The van der Waals surface area contributed by atoms with Gasteiger partial charge in [0.05, 0.1) is 0 Å². The summed E-state index contributed by atoms with van der Waals surface area (Å²) in [6, 6.07) is 4.14. The number of aryl methyl sites for hydroxylation is 3. The van der Waals surface area contributed by atoms with Crippen LogP contribution in [0.5, 0.6) is 5.75 Å². The summed E-state index contributed by atoms with van der Waals surface area (Å²) in [6.45, 7) is 7.83. The van der Waals surface area contributed by atoms with Crippen LogP contribution in [0.1, 0.15) is 29.5 Å². The molecule has 1 aliphatic rings. The first kappa shape index (κ1) is 15.8. The number of carbonyl (C=O) groups is 1. The number of nitrogens with zero attached hydrogens (tertiary/aromatic N) is 1. The molecule has 1 heterocycles. The van der Waals surface area contributed by atoms with Crippen LogP contribution in [0, 0.1) is 26.7 Å². The van der Waals surface area contributed by atoms with E-state index in [4.69, 9.17) is 9.84 Å². The molecule has 0 atom stereocenters. The molecular weight excluding hydrogens is 266 g/mol. The zero-order chi connectivity index (χ0) is 15.4. The minimum absolute atomic E-state index is 0.0331. The number of aliphatic hydroxyl groups excluding tert-OH is 1. The van der Waals surface area contributed by atoms with Crippen LogP contribution in [-0.2, 0) is 4.79 Å². The quantitative estimate of drug-likeness (QED) is 0.925. The molecule has 1 aliphatic heterocycles. The second kappa shape index (κ2) is 6.94. The fraction of sp³-hybridized carbons (Fsp3) is 0.588. The van der Waals surface area contributed by atoms with E-state index in [2.05, 4.69) is 19.1 Å². The highest BCUT2D eigenvalue weighted by Gasteiger charge is 2.22. The summed E-state index contributed by atoms with van der Waals surface area (Å²) < 4.78 is 5.75. The largest absolute Gasteiger partial charge is 0.483 e. The molecule has 0 spiro atoms. The number of rotatable bonds is 4. The van der Waals surface area contributed by atoms with Crippen LogP contribution >= 0.6 is 0 Å². The number of hydrogen-bond donors (Lipinski definition) is 1. The van der Waals surface area contributed by atoms with Crippen LogP contribution in [0.2, 0.25) is 0 Å². The summed E-state index contributed by atoms with van der Waals surface area (Å²) in [5.74, 6) is 1.20. The number of ether oxygens (including phenoxy) is 1. The molecule has 2 rings (SSSR count). The van der Waals surface area contributed by atoms with E-state index in [1.54, 1.807) is 0 Å². The molecule has 1 fully saturated rings. The monoisotopic (exact) mass is 291 g/mol. The van der Waals surface area contributed by atoms with E-state index in [1.807, 2.05) is 18.7 Å². The molecule has 4 nitrogen and oxygen atoms in total. The van der Waals surface area contributed by atoms with E-state index in [0.717, 1.165) is 42.8 Å². The third kappa shape index (κ3) is 3.97. The number of amides is 1. The van der Waals surface area contributed by atoms with Crippen molar-refractivity contribution in [3.8, 4) is 5.75 Å². The lowest BCUT2D eigenvalue weighted by Gasteiger charge is -2.31. The average Bonchev–Trinajstić information content (AvgIpc) is 2.46. The second-order valence-electron chi connectivity index (χ2n) is 6.02. The topological polar surface area (TPSA) is 49.8 Å². The van der Waals surface area contributed by atoms with Gasteiger partial charge in [0, 0.05) is 19.7 Å². The molecule has 1 aromatic carbocycles. The Kier molecular flexibility index (Phi) is 5.23. The molecule has 21 heavy (non-hydrogen) atoms. The van der Waals surface area contributed by atoms with Crippen molar-refractivity contribution in [1.29, 1.82) is 0 Å². The number of piperidine rings is 1. The van der Waals surface area contributed by atoms with Crippen molar-refractivity contribution in [3.05, 3.63) is 28.8 Å². The van der Waals surface area contributed by atoms with Crippen LogP contribution in [0.4, 0.5) is 0 Å². The van der Waals surface area contributed by atoms with E-state index in [9.17, 15) is 4.79 Å². The van der Waals surface area contributed by atoms with Gasteiger partial charge < -0.3 is 14.7 Å². The molecule has 0 aromatic heterocycles. The third-order valence-corrected chi connectivity index (χ3v) is 4.17.